The quantitative estimate of drug-likeness (QED) is 0.0443. The van der Waals surface area contributed by atoms with Crippen molar-refractivity contribution < 1.29 is 58.5 Å². The zero-order chi connectivity index (χ0) is 46.7. The van der Waals surface area contributed by atoms with Gasteiger partial charge in [-0.05, 0) is 69.4 Å². The summed E-state index contributed by atoms with van der Waals surface area (Å²) in [4.78, 5) is 119. The number of nitrogens with two attached hydrogens (primary N) is 2. The highest BCUT2D eigenvalue weighted by Crippen LogP contribution is 2.21. The number of aliphatic carboxylic acids is 2. The van der Waals surface area contributed by atoms with Gasteiger partial charge in [-0.3, -0.25) is 38.4 Å². The van der Waals surface area contributed by atoms with E-state index in [2.05, 4.69) is 31.9 Å². The molecule has 62 heavy (non-hydrogen) atoms. The van der Waals surface area contributed by atoms with Gasteiger partial charge >= 0.3 is 11.9 Å². The molecule has 1 aliphatic rings. The lowest BCUT2D eigenvalue weighted by Gasteiger charge is -2.32. The smallest absolute Gasteiger partial charge is 0.326 e. The summed E-state index contributed by atoms with van der Waals surface area (Å²) in [6.45, 7) is 7.65. The number of hydrogen-bond donors (Lipinski definition) is 11. The minimum Gasteiger partial charge on any atom is -0.481 e. The third kappa shape index (κ3) is 16.7. The third-order valence-electron chi connectivity index (χ3n) is 10.3. The molecule has 0 aliphatic carbocycles. The van der Waals surface area contributed by atoms with E-state index >= 15 is 0 Å². The number of carboxylic acids is 2. The van der Waals surface area contributed by atoms with Crippen molar-refractivity contribution in [1.29, 1.82) is 0 Å². The fraction of sp³-hybridized carbons (Fsp3) is 0.634. The van der Waals surface area contributed by atoms with Crippen LogP contribution < -0.4 is 43.4 Å². The van der Waals surface area contributed by atoms with Gasteiger partial charge < -0.3 is 63.6 Å². The van der Waals surface area contributed by atoms with Gasteiger partial charge in [0, 0.05) is 19.4 Å². The number of carboxylic acid groups (broad SMARTS) is 2. The average Bonchev–Trinajstić information content (AvgIpc) is 3.71. The summed E-state index contributed by atoms with van der Waals surface area (Å²) in [6.07, 6.45) is -0.895. The summed E-state index contributed by atoms with van der Waals surface area (Å²) < 4.78 is 0. The minimum atomic E-state index is -1.60. The largest absolute Gasteiger partial charge is 0.481 e. The minimum absolute atomic E-state index is 0.0173. The second-order valence-corrected chi connectivity index (χ2v) is 16.1. The van der Waals surface area contributed by atoms with Crippen molar-refractivity contribution in [2.75, 3.05) is 19.6 Å². The van der Waals surface area contributed by atoms with Crippen molar-refractivity contribution in [3.05, 3.63) is 35.9 Å². The number of hydrogen-bond acceptors (Lipinski definition) is 12. The molecule has 2 rings (SSSR count). The molecule has 0 bridgehead atoms. The highest BCUT2D eigenvalue weighted by Gasteiger charge is 2.41. The molecule has 1 aromatic carbocycles. The molecule has 21 heteroatoms. The molecule has 8 unspecified atom stereocenters. The number of rotatable bonds is 26. The van der Waals surface area contributed by atoms with E-state index < -0.39 is 133 Å². The third-order valence-corrected chi connectivity index (χ3v) is 10.3. The van der Waals surface area contributed by atoms with Crippen molar-refractivity contribution in [2.45, 2.75) is 134 Å². The van der Waals surface area contributed by atoms with Crippen molar-refractivity contribution in [2.24, 2.45) is 23.3 Å². The molecular weight excluding hydrogens is 811 g/mol. The summed E-state index contributed by atoms with van der Waals surface area (Å²) >= 11 is 0. The van der Waals surface area contributed by atoms with Crippen LogP contribution >= 0.6 is 0 Å². The molecule has 0 spiro atoms. The van der Waals surface area contributed by atoms with Crippen LogP contribution in [-0.2, 0) is 49.6 Å². The Kier molecular flexibility index (Phi) is 22.0. The van der Waals surface area contributed by atoms with Gasteiger partial charge in [0.1, 0.15) is 42.3 Å². The standard InChI is InChI=1S/C41H65N9O12/c1-22(2)32(47-30(52)21-43)38(58)49-34(24(5)51)39(59)48-33(23(3)4)37(57)44-26(16-17-31(53)54)40(60)50-19-11-15-29(50)36(56)46-28(20-25-12-7-6-8-13-25)35(55)45-27(41(61)62)14-9-10-18-42/h6-8,12-13,22-24,26-29,32-34,51H,9-11,14-21,42-43H2,1-5H3,(H,44,57)(H,45,55)(H,46,56)(H,47,52)(H,48,59)(H,49,58)(H,53,54)(H,61,62). The molecule has 13 N–H and O–H groups in total. The Balaban J connectivity index is 2.33. The number of likely N-dealkylation sites (tertiary alicyclic amines) is 1. The molecule has 8 atom stereocenters. The number of aliphatic hydroxyl groups is 1. The van der Waals surface area contributed by atoms with E-state index in [1.54, 1.807) is 58.0 Å². The van der Waals surface area contributed by atoms with Crippen LogP contribution in [0.1, 0.15) is 85.1 Å². The Bertz CT molecular complexity index is 1710. The number of benzene rings is 1. The van der Waals surface area contributed by atoms with Crippen molar-refractivity contribution in [3.8, 4) is 0 Å². The Morgan fingerprint density at radius 1 is 0.694 bits per heavy atom. The second kappa shape index (κ2) is 26.0. The number of nitrogens with zero attached hydrogens (tertiary/aromatic N) is 1. The number of aliphatic hydroxyl groups excluding tert-OH is 1. The summed E-state index contributed by atoms with van der Waals surface area (Å²) in [6, 6.07) is -0.571. The van der Waals surface area contributed by atoms with E-state index in [0.29, 0.717) is 31.4 Å². The van der Waals surface area contributed by atoms with Gasteiger partial charge in [-0.2, -0.15) is 0 Å². The molecule has 346 valence electrons. The topological polar surface area (TPSA) is 342 Å². The zero-order valence-corrected chi connectivity index (χ0v) is 36.1. The zero-order valence-electron chi connectivity index (χ0n) is 36.1. The van der Waals surface area contributed by atoms with E-state index in [9.17, 15) is 58.5 Å². The van der Waals surface area contributed by atoms with E-state index in [-0.39, 0.29) is 25.8 Å². The van der Waals surface area contributed by atoms with Crippen LogP contribution in [0.5, 0.6) is 0 Å². The molecule has 1 aromatic rings. The van der Waals surface area contributed by atoms with Crippen LogP contribution in [-0.4, -0.2) is 142 Å². The molecule has 0 aromatic heterocycles. The molecule has 1 fully saturated rings. The maximum atomic E-state index is 14.2. The van der Waals surface area contributed by atoms with E-state index in [0.717, 1.165) is 0 Å². The highest BCUT2D eigenvalue weighted by atomic mass is 16.4. The van der Waals surface area contributed by atoms with Gasteiger partial charge in [0.05, 0.1) is 12.6 Å². The number of unbranched alkanes of at least 4 members (excludes halogenated alkanes) is 1. The van der Waals surface area contributed by atoms with Crippen LogP contribution in [0.25, 0.3) is 0 Å². The summed E-state index contributed by atoms with van der Waals surface area (Å²) in [5, 5.41) is 44.9. The van der Waals surface area contributed by atoms with Crippen LogP contribution in [0.4, 0.5) is 0 Å². The fourth-order valence-electron chi connectivity index (χ4n) is 6.83. The molecule has 1 aliphatic heterocycles. The van der Waals surface area contributed by atoms with Gasteiger partial charge in [0.15, 0.2) is 0 Å². The lowest BCUT2D eigenvalue weighted by Crippen LogP contribution is -2.62. The first-order valence-corrected chi connectivity index (χ1v) is 20.9. The van der Waals surface area contributed by atoms with E-state index in [4.69, 9.17) is 11.5 Å². The van der Waals surface area contributed by atoms with Crippen LogP contribution in [0.15, 0.2) is 30.3 Å². The predicted octanol–water partition coefficient (Wildman–Crippen LogP) is -2.14. The SMILES string of the molecule is CC(C)C(NC(=O)CN)C(=O)NC(C(=O)NC(C(=O)NC(CCC(=O)O)C(=O)N1CCCC1C(=O)NC(Cc1ccccc1)C(=O)NC(CCCCN)C(=O)O)C(C)C)C(C)O. The molecule has 21 nitrogen and oxygen atoms in total. The maximum absolute atomic E-state index is 14.2. The van der Waals surface area contributed by atoms with Gasteiger partial charge in [-0.1, -0.05) is 58.0 Å². The number of carbonyl (C=O) groups is 9. The molecule has 0 radical (unpaired) electrons. The maximum Gasteiger partial charge on any atom is 0.326 e. The number of nitrogens with one attached hydrogen (secondary N) is 6. The van der Waals surface area contributed by atoms with Gasteiger partial charge in [0.2, 0.25) is 41.4 Å². The lowest BCUT2D eigenvalue weighted by molar-refractivity contribution is -0.144. The normalized spacial score (nSPS) is 17.1. The summed E-state index contributed by atoms with van der Waals surface area (Å²) in [5.74, 6) is -9.22. The van der Waals surface area contributed by atoms with E-state index in [1.165, 1.54) is 11.8 Å². The Morgan fingerprint density at radius 2 is 1.26 bits per heavy atom. The second-order valence-electron chi connectivity index (χ2n) is 16.1. The van der Waals surface area contributed by atoms with Crippen molar-refractivity contribution in [3.63, 3.8) is 0 Å². The van der Waals surface area contributed by atoms with Crippen molar-refractivity contribution >= 4 is 53.3 Å². The Hall–Kier alpha value is -5.67. The molecule has 1 saturated heterocycles. The molecular formula is C41H65N9O12. The molecule has 0 saturated carbocycles. The Morgan fingerprint density at radius 3 is 1.81 bits per heavy atom. The van der Waals surface area contributed by atoms with Crippen LogP contribution in [0.3, 0.4) is 0 Å². The predicted molar refractivity (Wildman–Crippen MR) is 224 cm³/mol. The fourth-order valence-corrected chi connectivity index (χ4v) is 6.83. The number of carbonyl (C=O) groups excluding carboxylic acids is 7. The first-order chi connectivity index (χ1) is 29.2. The average molecular weight is 876 g/mol. The van der Waals surface area contributed by atoms with E-state index in [1.807, 2.05) is 0 Å². The van der Waals surface area contributed by atoms with Crippen molar-refractivity contribution in [1.82, 2.24) is 36.8 Å². The Labute approximate surface area is 361 Å². The van der Waals surface area contributed by atoms with Gasteiger partial charge in [-0.25, -0.2) is 4.79 Å². The van der Waals surface area contributed by atoms with Gasteiger partial charge in [0.25, 0.3) is 0 Å². The summed E-state index contributed by atoms with van der Waals surface area (Å²) in [5.41, 5.74) is 11.6. The first kappa shape index (κ1) is 52.5. The molecule has 1 heterocycles. The highest BCUT2D eigenvalue weighted by molar-refractivity contribution is 5.98. The summed E-state index contributed by atoms with van der Waals surface area (Å²) in [7, 11) is 0. The van der Waals surface area contributed by atoms with Gasteiger partial charge in [-0.15, -0.1) is 0 Å². The first-order valence-electron chi connectivity index (χ1n) is 20.9. The number of amides is 7. The van der Waals surface area contributed by atoms with Crippen LogP contribution in [0.2, 0.25) is 0 Å². The monoisotopic (exact) mass is 875 g/mol. The van der Waals surface area contributed by atoms with Crippen LogP contribution in [0, 0.1) is 11.8 Å². The molecule has 7 amide bonds. The lowest BCUT2D eigenvalue weighted by atomic mass is 10.00.